The predicted octanol–water partition coefficient (Wildman–Crippen LogP) is 6.28. The van der Waals surface area contributed by atoms with Crippen molar-refractivity contribution < 1.29 is 22.7 Å². The van der Waals surface area contributed by atoms with Crippen molar-refractivity contribution >= 4 is 50.7 Å². The molecule has 236 valence electrons. The quantitative estimate of drug-likeness (QED) is 0.181. The molecule has 0 saturated carbocycles. The van der Waals surface area contributed by atoms with Gasteiger partial charge in [0.1, 0.15) is 18.3 Å². The molecule has 0 aliphatic carbocycles. The number of methoxy groups -OCH3 is 1. The van der Waals surface area contributed by atoms with E-state index in [1.807, 2.05) is 37.3 Å². The van der Waals surface area contributed by atoms with Crippen LogP contribution in [0, 0.1) is 6.92 Å². The molecule has 0 spiro atoms. The third-order valence-electron chi connectivity index (χ3n) is 7.23. The molecule has 0 aliphatic rings. The van der Waals surface area contributed by atoms with E-state index in [1.165, 1.54) is 24.1 Å². The Hall–Kier alpha value is -4.05. The fourth-order valence-electron chi connectivity index (χ4n) is 4.79. The number of nitrogens with zero attached hydrogens (tertiary/aromatic N) is 2. The zero-order valence-electron chi connectivity index (χ0n) is 25.2. The summed E-state index contributed by atoms with van der Waals surface area (Å²) < 4.78 is 34.5. The molecule has 0 heterocycles. The lowest BCUT2D eigenvalue weighted by molar-refractivity contribution is -0.140. The van der Waals surface area contributed by atoms with Crippen molar-refractivity contribution in [2.75, 3.05) is 24.5 Å². The van der Waals surface area contributed by atoms with Crippen molar-refractivity contribution in [1.82, 2.24) is 10.2 Å². The second-order valence-electron chi connectivity index (χ2n) is 10.4. The Morgan fingerprint density at radius 1 is 0.911 bits per heavy atom. The first-order valence-electron chi connectivity index (χ1n) is 14.3. The van der Waals surface area contributed by atoms with Crippen molar-refractivity contribution in [2.24, 2.45) is 0 Å². The number of rotatable bonds is 13. The molecule has 11 heteroatoms. The van der Waals surface area contributed by atoms with Gasteiger partial charge in [-0.25, -0.2) is 8.42 Å². The highest BCUT2D eigenvalue weighted by atomic mass is 35.5. The van der Waals surface area contributed by atoms with Crippen molar-refractivity contribution in [1.29, 1.82) is 0 Å². The summed E-state index contributed by atoms with van der Waals surface area (Å²) >= 11 is 12.7. The molecule has 0 aliphatic heterocycles. The lowest BCUT2D eigenvalue weighted by Gasteiger charge is -2.34. The first kappa shape index (κ1) is 33.8. The number of aryl methyl sites for hydroxylation is 1. The van der Waals surface area contributed by atoms with Crippen molar-refractivity contribution in [3.8, 4) is 5.75 Å². The molecule has 1 atom stereocenters. The number of halogens is 2. The highest BCUT2D eigenvalue weighted by Gasteiger charge is 2.34. The fourth-order valence-corrected chi connectivity index (χ4v) is 6.68. The summed E-state index contributed by atoms with van der Waals surface area (Å²) in [5, 5.41) is 3.57. The summed E-state index contributed by atoms with van der Waals surface area (Å²) in [6.45, 7) is 3.38. The van der Waals surface area contributed by atoms with Gasteiger partial charge in [-0.1, -0.05) is 77.3 Å². The van der Waals surface area contributed by atoms with Gasteiger partial charge in [0.05, 0.1) is 17.7 Å². The maximum atomic E-state index is 14.4. The largest absolute Gasteiger partial charge is 0.497 e. The minimum atomic E-state index is -4.24. The van der Waals surface area contributed by atoms with Crippen molar-refractivity contribution in [3.05, 3.63) is 124 Å². The van der Waals surface area contributed by atoms with Crippen LogP contribution in [-0.2, 0) is 32.6 Å². The normalized spacial score (nSPS) is 11.8. The number of sulfonamides is 1. The zero-order valence-corrected chi connectivity index (χ0v) is 27.6. The van der Waals surface area contributed by atoms with Crippen LogP contribution in [0.15, 0.2) is 102 Å². The lowest BCUT2D eigenvalue weighted by Crippen LogP contribution is -2.53. The molecule has 4 rings (SSSR count). The second kappa shape index (κ2) is 15.3. The summed E-state index contributed by atoms with van der Waals surface area (Å²) in [4.78, 5) is 29.4. The monoisotopic (exact) mass is 667 g/mol. The molecule has 0 fully saturated rings. The van der Waals surface area contributed by atoms with E-state index < -0.39 is 28.5 Å². The van der Waals surface area contributed by atoms with Crippen molar-refractivity contribution in [2.45, 2.75) is 37.8 Å². The number of likely N-dealkylation sites (N-methyl/N-ethyl adjacent to an activating group) is 1. The number of benzene rings is 4. The molecule has 2 amide bonds. The predicted molar refractivity (Wildman–Crippen MR) is 178 cm³/mol. The first-order valence-corrected chi connectivity index (χ1v) is 16.5. The average molecular weight is 669 g/mol. The lowest BCUT2D eigenvalue weighted by atomic mass is 10.0. The van der Waals surface area contributed by atoms with Crippen LogP contribution in [0.4, 0.5) is 5.69 Å². The third-order valence-corrected chi connectivity index (χ3v) is 9.60. The number of carbonyl (C=O) groups is 2. The summed E-state index contributed by atoms with van der Waals surface area (Å²) in [6, 6.07) is 26.0. The molecule has 0 bridgehead atoms. The standard InChI is InChI=1S/C34H35Cl2N3O5S/c1-4-37-34(41)32(20-25-8-6-5-7-9-25)38(22-26-12-13-27(35)21-31(26)36)33(40)23-39(28-14-10-24(2)11-15-28)45(42,43)30-18-16-29(44-3)17-19-30/h5-19,21,32H,4,20,22-23H2,1-3H3,(H,37,41)/t32-/m0/s1. The maximum Gasteiger partial charge on any atom is 0.264 e. The van der Waals surface area contributed by atoms with Crippen LogP contribution < -0.4 is 14.4 Å². The van der Waals surface area contributed by atoms with Gasteiger partial charge in [-0.3, -0.25) is 13.9 Å². The SMILES string of the molecule is CCNC(=O)[C@H](Cc1ccccc1)N(Cc1ccc(Cl)cc1Cl)C(=O)CN(c1ccc(C)cc1)S(=O)(=O)c1ccc(OC)cc1. The Balaban J connectivity index is 1.81. The van der Waals surface area contributed by atoms with E-state index in [1.54, 1.807) is 61.5 Å². The number of hydrogen-bond donors (Lipinski definition) is 1. The van der Waals surface area contributed by atoms with Crippen LogP contribution in [0.1, 0.15) is 23.6 Å². The van der Waals surface area contributed by atoms with E-state index in [0.717, 1.165) is 15.4 Å². The fraction of sp³-hybridized carbons (Fsp3) is 0.235. The summed E-state index contributed by atoms with van der Waals surface area (Å²) in [7, 11) is -2.75. The number of carbonyl (C=O) groups excluding carboxylic acids is 2. The average Bonchev–Trinajstić information content (AvgIpc) is 3.03. The van der Waals surface area contributed by atoms with Crippen LogP contribution in [-0.4, -0.2) is 51.4 Å². The third kappa shape index (κ3) is 8.57. The van der Waals surface area contributed by atoms with E-state index in [9.17, 15) is 18.0 Å². The highest BCUT2D eigenvalue weighted by Crippen LogP contribution is 2.28. The van der Waals surface area contributed by atoms with Crippen molar-refractivity contribution in [3.63, 3.8) is 0 Å². The second-order valence-corrected chi connectivity index (χ2v) is 13.1. The molecule has 0 radical (unpaired) electrons. The van der Waals surface area contributed by atoms with E-state index in [0.29, 0.717) is 33.6 Å². The van der Waals surface area contributed by atoms with Gasteiger partial charge in [-0.2, -0.15) is 0 Å². The van der Waals surface area contributed by atoms with Gasteiger partial charge in [-0.05, 0) is 73.5 Å². The number of anilines is 1. The zero-order chi connectivity index (χ0) is 32.6. The van der Waals surface area contributed by atoms with Gasteiger partial charge in [0.15, 0.2) is 0 Å². The Labute approximate surface area is 274 Å². The van der Waals surface area contributed by atoms with Gasteiger partial charge >= 0.3 is 0 Å². The van der Waals surface area contributed by atoms with Gasteiger partial charge in [-0.15, -0.1) is 0 Å². The van der Waals surface area contributed by atoms with E-state index in [2.05, 4.69) is 5.32 Å². The molecule has 4 aromatic rings. The highest BCUT2D eigenvalue weighted by molar-refractivity contribution is 7.92. The molecular weight excluding hydrogens is 633 g/mol. The molecule has 4 aromatic carbocycles. The van der Waals surface area contributed by atoms with E-state index in [4.69, 9.17) is 27.9 Å². The Morgan fingerprint density at radius 2 is 1.58 bits per heavy atom. The molecular formula is C34H35Cl2N3O5S. The van der Waals surface area contributed by atoms with Crippen LogP contribution in [0.2, 0.25) is 10.0 Å². The smallest absolute Gasteiger partial charge is 0.264 e. The number of amides is 2. The minimum Gasteiger partial charge on any atom is -0.497 e. The Kier molecular flexibility index (Phi) is 11.5. The molecule has 0 saturated heterocycles. The molecule has 0 unspecified atom stereocenters. The van der Waals surface area contributed by atoms with Crippen LogP contribution >= 0.6 is 23.2 Å². The minimum absolute atomic E-state index is 0.0199. The van der Waals surface area contributed by atoms with Crippen LogP contribution in [0.3, 0.4) is 0 Å². The summed E-state index contributed by atoms with van der Waals surface area (Å²) in [5.41, 5.74) is 2.60. The van der Waals surface area contributed by atoms with E-state index >= 15 is 0 Å². The van der Waals surface area contributed by atoms with E-state index in [-0.39, 0.29) is 23.8 Å². The molecule has 45 heavy (non-hydrogen) atoms. The molecule has 1 N–H and O–H groups in total. The first-order chi connectivity index (χ1) is 21.5. The maximum absolute atomic E-state index is 14.4. The van der Waals surface area contributed by atoms with Gasteiger partial charge in [0.25, 0.3) is 10.0 Å². The Morgan fingerprint density at radius 3 is 2.18 bits per heavy atom. The van der Waals surface area contributed by atoms with Gasteiger partial charge < -0.3 is 15.0 Å². The topological polar surface area (TPSA) is 96.0 Å². The number of ether oxygens (including phenoxy) is 1. The Bertz CT molecular complexity index is 1720. The summed E-state index contributed by atoms with van der Waals surface area (Å²) in [6.07, 6.45) is 0.194. The van der Waals surface area contributed by atoms with Crippen LogP contribution in [0.5, 0.6) is 5.75 Å². The molecule has 8 nitrogen and oxygen atoms in total. The summed E-state index contributed by atoms with van der Waals surface area (Å²) in [5.74, 6) is -0.478. The molecule has 0 aromatic heterocycles. The van der Waals surface area contributed by atoms with Gasteiger partial charge in [0, 0.05) is 29.6 Å². The van der Waals surface area contributed by atoms with Crippen LogP contribution in [0.25, 0.3) is 0 Å². The van der Waals surface area contributed by atoms with Gasteiger partial charge in [0.2, 0.25) is 11.8 Å². The number of hydrogen-bond acceptors (Lipinski definition) is 5. The number of nitrogens with one attached hydrogen (secondary N) is 1.